The number of benzene rings is 1. The van der Waals surface area contributed by atoms with Gasteiger partial charge in [-0.25, -0.2) is 4.79 Å². The maximum Gasteiger partial charge on any atom is 0.335 e. The number of morpholine rings is 1. The van der Waals surface area contributed by atoms with E-state index in [4.69, 9.17) is 22.1 Å². The highest BCUT2D eigenvalue weighted by molar-refractivity contribution is 7.82. The molecule has 0 unspecified atom stereocenters. The summed E-state index contributed by atoms with van der Waals surface area (Å²) in [4.78, 5) is 24.8. The summed E-state index contributed by atoms with van der Waals surface area (Å²) in [5.41, 5.74) is 0.519. The predicted octanol–water partition coefficient (Wildman–Crippen LogP) is 0.983. The van der Waals surface area contributed by atoms with Crippen molar-refractivity contribution in [3.63, 3.8) is 0 Å². The van der Waals surface area contributed by atoms with Crippen LogP contribution in [-0.2, 0) is 9.53 Å². The quantitative estimate of drug-likeness (QED) is 0.792. The minimum absolute atomic E-state index is 0.111. The number of rotatable bonds is 2. The molecule has 1 aliphatic rings. The van der Waals surface area contributed by atoms with Crippen LogP contribution in [0.1, 0.15) is 10.4 Å². The SMILES string of the molecule is O=C(Nc1cccc(C(=O)O)c1)C(=S)N1CCOCC1. The number of carboxylic acid groups (broad SMARTS) is 1. The van der Waals surface area contributed by atoms with Gasteiger partial charge in [-0.05, 0) is 18.2 Å². The van der Waals surface area contributed by atoms with Crippen molar-refractivity contribution in [2.75, 3.05) is 31.6 Å². The van der Waals surface area contributed by atoms with E-state index < -0.39 is 11.9 Å². The highest BCUT2D eigenvalue weighted by Crippen LogP contribution is 2.11. The van der Waals surface area contributed by atoms with E-state index in [0.717, 1.165) is 0 Å². The van der Waals surface area contributed by atoms with Crippen LogP contribution in [-0.4, -0.2) is 53.2 Å². The average molecular weight is 294 g/mol. The lowest BCUT2D eigenvalue weighted by molar-refractivity contribution is -0.111. The van der Waals surface area contributed by atoms with Crippen molar-refractivity contribution in [1.82, 2.24) is 4.90 Å². The first kappa shape index (κ1) is 14.4. The first-order valence-corrected chi connectivity index (χ1v) is 6.50. The van der Waals surface area contributed by atoms with Gasteiger partial charge in [-0.3, -0.25) is 4.79 Å². The predicted molar refractivity (Wildman–Crippen MR) is 77.0 cm³/mol. The highest BCUT2D eigenvalue weighted by atomic mass is 32.1. The molecule has 2 N–H and O–H groups in total. The number of ether oxygens (including phenoxy) is 1. The Labute approximate surface area is 121 Å². The summed E-state index contributed by atoms with van der Waals surface area (Å²) in [7, 11) is 0. The van der Waals surface area contributed by atoms with Crippen LogP contribution < -0.4 is 5.32 Å². The second kappa shape index (κ2) is 6.44. The van der Waals surface area contributed by atoms with Crippen LogP contribution in [0, 0.1) is 0 Å². The second-order valence-electron chi connectivity index (χ2n) is 4.24. The number of anilines is 1. The zero-order valence-electron chi connectivity index (χ0n) is 10.7. The Morgan fingerprint density at radius 3 is 2.65 bits per heavy atom. The molecule has 1 aliphatic heterocycles. The van der Waals surface area contributed by atoms with Gasteiger partial charge in [-0.1, -0.05) is 18.3 Å². The Balaban J connectivity index is 2.01. The average Bonchev–Trinajstić information content (AvgIpc) is 2.47. The van der Waals surface area contributed by atoms with Gasteiger partial charge < -0.3 is 20.1 Å². The topological polar surface area (TPSA) is 78.9 Å². The van der Waals surface area contributed by atoms with E-state index >= 15 is 0 Å². The van der Waals surface area contributed by atoms with Crippen molar-refractivity contribution in [2.24, 2.45) is 0 Å². The number of carboxylic acids is 1. The number of nitrogens with zero attached hydrogens (tertiary/aromatic N) is 1. The van der Waals surface area contributed by atoms with Crippen LogP contribution in [0.4, 0.5) is 5.69 Å². The molecular formula is C13H14N2O4S. The minimum Gasteiger partial charge on any atom is -0.478 e. The standard InChI is InChI=1S/C13H14N2O4S/c16-11(12(20)15-4-6-19-7-5-15)14-10-3-1-2-9(8-10)13(17)18/h1-3,8H,4-7H2,(H,14,16)(H,17,18). The van der Waals surface area contributed by atoms with E-state index in [1.54, 1.807) is 17.0 Å². The first-order valence-electron chi connectivity index (χ1n) is 6.09. The molecule has 6 nitrogen and oxygen atoms in total. The molecule has 0 saturated carbocycles. The van der Waals surface area contributed by atoms with Gasteiger partial charge >= 0.3 is 5.97 Å². The van der Waals surface area contributed by atoms with Crippen molar-refractivity contribution < 1.29 is 19.4 Å². The Morgan fingerprint density at radius 1 is 1.30 bits per heavy atom. The second-order valence-corrected chi connectivity index (χ2v) is 4.63. The molecule has 0 aliphatic carbocycles. The van der Waals surface area contributed by atoms with Gasteiger partial charge in [0, 0.05) is 18.8 Å². The molecule has 1 amide bonds. The van der Waals surface area contributed by atoms with Crippen molar-refractivity contribution in [3.05, 3.63) is 29.8 Å². The molecule has 1 aromatic rings. The first-order chi connectivity index (χ1) is 9.58. The molecule has 0 aromatic heterocycles. The lowest BCUT2D eigenvalue weighted by atomic mass is 10.2. The molecule has 1 aromatic carbocycles. The number of aromatic carboxylic acids is 1. The fourth-order valence-electron chi connectivity index (χ4n) is 1.82. The summed E-state index contributed by atoms with van der Waals surface area (Å²) in [5, 5.41) is 11.5. The molecule has 2 rings (SSSR count). The van der Waals surface area contributed by atoms with Gasteiger partial charge in [0.2, 0.25) is 0 Å². The summed E-state index contributed by atoms with van der Waals surface area (Å²) < 4.78 is 5.19. The molecule has 20 heavy (non-hydrogen) atoms. The molecule has 0 bridgehead atoms. The van der Waals surface area contributed by atoms with E-state index in [1.165, 1.54) is 12.1 Å². The van der Waals surface area contributed by atoms with Crippen molar-refractivity contribution in [3.8, 4) is 0 Å². The normalized spacial score (nSPS) is 14.7. The summed E-state index contributed by atoms with van der Waals surface area (Å²) in [5.74, 6) is -1.46. The van der Waals surface area contributed by atoms with Gasteiger partial charge in [0.1, 0.15) is 0 Å². The lowest BCUT2D eigenvalue weighted by Gasteiger charge is -2.28. The van der Waals surface area contributed by atoms with Crippen LogP contribution in [0.15, 0.2) is 24.3 Å². The van der Waals surface area contributed by atoms with Gasteiger partial charge in [0.25, 0.3) is 5.91 Å². The Hall–Kier alpha value is -1.99. The van der Waals surface area contributed by atoms with E-state index in [9.17, 15) is 9.59 Å². The van der Waals surface area contributed by atoms with E-state index in [2.05, 4.69) is 5.32 Å². The number of amides is 1. The molecule has 7 heteroatoms. The fourth-order valence-corrected chi connectivity index (χ4v) is 2.06. The van der Waals surface area contributed by atoms with E-state index in [-0.39, 0.29) is 10.6 Å². The van der Waals surface area contributed by atoms with Crippen molar-refractivity contribution in [1.29, 1.82) is 0 Å². The molecule has 1 fully saturated rings. The van der Waals surface area contributed by atoms with Gasteiger partial charge in [0.15, 0.2) is 4.99 Å². The van der Waals surface area contributed by atoms with Crippen molar-refractivity contribution >= 4 is 34.8 Å². The summed E-state index contributed by atoms with van der Waals surface area (Å²) in [6, 6.07) is 6.03. The van der Waals surface area contributed by atoms with Crippen molar-refractivity contribution in [2.45, 2.75) is 0 Å². The van der Waals surface area contributed by atoms with Crippen LogP contribution in [0.25, 0.3) is 0 Å². The zero-order valence-corrected chi connectivity index (χ0v) is 11.5. The van der Waals surface area contributed by atoms with Crippen LogP contribution >= 0.6 is 12.2 Å². The van der Waals surface area contributed by atoms with Crippen LogP contribution in [0.3, 0.4) is 0 Å². The van der Waals surface area contributed by atoms with Crippen LogP contribution in [0.2, 0.25) is 0 Å². The zero-order chi connectivity index (χ0) is 14.5. The van der Waals surface area contributed by atoms with Gasteiger partial charge in [-0.2, -0.15) is 0 Å². The highest BCUT2D eigenvalue weighted by Gasteiger charge is 2.20. The summed E-state index contributed by atoms with van der Waals surface area (Å²) >= 11 is 5.12. The third-order valence-electron chi connectivity index (χ3n) is 2.86. The Bertz CT molecular complexity index is 541. The number of hydrogen-bond acceptors (Lipinski definition) is 4. The summed E-state index contributed by atoms with van der Waals surface area (Å²) in [6.45, 7) is 2.26. The maximum atomic E-state index is 12.0. The smallest absolute Gasteiger partial charge is 0.335 e. The minimum atomic E-state index is -1.04. The number of carbonyl (C=O) groups is 2. The molecule has 0 radical (unpaired) electrons. The molecule has 1 saturated heterocycles. The van der Waals surface area contributed by atoms with Crippen LogP contribution in [0.5, 0.6) is 0 Å². The Kier molecular flexibility index (Phi) is 4.65. The monoisotopic (exact) mass is 294 g/mol. The maximum absolute atomic E-state index is 12.0. The van der Waals surface area contributed by atoms with E-state index in [0.29, 0.717) is 32.0 Å². The number of nitrogens with one attached hydrogen (secondary N) is 1. The molecule has 0 spiro atoms. The third kappa shape index (κ3) is 3.52. The fraction of sp³-hybridized carbons (Fsp3) is 0.308. The third-order valence-corrected chi connectivity index (χ3v) is 3.30. The molecule has 106 valence electrons. The van der Waals surface area contributed by atoms with E-state index in [1.807, 2.05) is 0 Å². The summed E-state index contributed by atoms with van der Waals surface area (Å²) in [6.07, 6.45) is 0. The van der Waals surface area contributed by atoms with Gasteiger partial charge in [-0.15, -0.1) is 0 Å². The van der Waals surface area contributed by atoms with Gasteiger partial charge in [0.05, 0.1) is 18.8 Å². The molecule has 1 heterocycles. The number of carbonyl (C=O) groups excluding carboxylic acids is 1. The number of thiocarbonyl (C=S) groups is 1. The molecule has 0 atom stereocenters. The lowest BCUT2D eigenvalue weighted by Crippen LogP contribution is -2.44. The number of hydrogen-bond donors (Lipinski definition) is 2. The largest absolute Gasteiger partial charge is 0.478 e. The molecular weight excluding hydrogens is 280 g/mol. The Morgan fingerprint density at radius 2 is 2.00 bits per heavy atom.